The van der Waals surface area contributed by atoms with Crippen molar-refractivity contribution in [2.45, 2.75) is 6.92 Å². The van der Waals surface area contributed by atoms with Crippen LogP contribution in [0.2, 0.25) is 0 Å². The van der Waals surface area contributed by atoms with Crippen molar-refractivity contribution >= 4 is 28.1 Å². The van der Waals surface area contributed by atoms with E-state index < -0.39 is 4.92 Å². The highest BCUT2D eigenvalue weighted by molar-refractivity contribution is 5.92. The molecule has 1 aromatic heterocycles. The molecule has 0 aliphatic carbocycles. The second kappa shape index (κ2) is 5.16. The van der Waals surface area contributed by atoms with E-state index in [9.17, 15) is 10.1 Å². The molecule has 6 heteroatoms. The number of nitrogens with zero attached hydrogens (tertiary/aromatic N) is 3. The first-order valence-electron chi connectivity index (χ1n) is 6.38. The van der Waals surface area contributed by atoms with Crippen LogP contribution in [0.3, 0.4) is 0 Å². The van der Waals surface area contributed by atoms with E-state index in [0.29, 0.717) is 22.5 Å². The van der Waals surface area contributed by atoms with Gasteiger partial charge in [-0.05, 0) is 25.1 Å². The molecule has 0 saturated heterocycles. The zero-order valence-corrected chi connectivity index (χ0v) is 11.3. The van der Waals surface area contributed by atoms with E-state index in [1.165, 1.54) is 12.1 Å². The normalized spacial score (nSPS) is 10.5. The minimum atomic E-state index is -0.425. The molecule has 0 atom stereocenters. The van der Waals surface area contributed by atoms with E-state index in [-0.39, 0.29) is 5.69 Å². The third-order valence-electron chi connectivity index (χ3n) is 3.04. The zero-order valence-electron chi connectivity index (χ0n) is 11.3. The number of rotatable bonds is 3. The van der Waals surface area contributed by atoms with E-state index in [0.717, 1.165) is 5.69 Å². The summed E-state index contributed by atoms with van der Waals surface area (Å²) in [6.45, 7) is 1.79. The molecule has 0 radical (unpaired) electrons. The summed E-state index contributed by atoms with van der Waals surface area (Å²) >= 11 is 0. The van der Waals surface area contributed by atoms with Gasteiger partial charge in [-0.3, -0.25) is 10.1 Å². The lowest BCUT2D eigenvalue weighted by atomic mass is 10.2. The van der Waals surface area contributed by atoms with Gasteiger partial charge in [0.1, 0.15) is 11.6 Å². The van der Waals surface area contributed by atoms with Gasteiger partial charge in [0, 0.05) is 23.2 Å². The van der Waals surface area contributed by atoms with Crippen LogP contribution in [0.5, 0.6) is 0 Å². The molecule has 21 heavy (non-hydrogen) atoms. The maximum Gasteiger partial charge on any atom is 0.270 e. The summed E-state index contributed by atoms with van der Waals surface area (Å²) in [5.41, 5.74) is 1.56. The molecular formula is C15H12N4O2. The maximum absolute atomic E-state index is 10.9. The number of benzene rings is 2. The van der Waals surface area contributed by atoms with E-state index in [1.54, 1.807) is 13.0 Å². The minimum absolute atomic E-state index is 0.0195. The molecule has 6 nitrogen and oxygen atoms in total. The second-order valence-electron chi connectivity index (χ2n) is 4.57. The summed E-state index contributed by atoms with van der Waals surface area (Å²) < 4.78 is 0. The van der Waals surface area contributed by atoms with Crippen molar-refractivity contribution in [3.8, 4) is 0 Å². The number of fused-ring (bicyclic) bond motifs is 1. The molecule has 1 N–H and O–H groups in total. The molecule has 0 aliphatic rings. The Balaban J connectivity index is 2.15. The van der Waals surface area contributed by atoms with E-state index >= 15 is 0 Å². The molecule has 3 aromatic rings. The lowest BCUT2D eigenvalue weighted by Crippen LogP contribution is -1.99. The molecule has 0 aliphatic heterocycles. The number of aromatic nitrogens is 2. The van der Waals surface area contributed by atoms with Crippen LogP contribution in [0.4, 0.5) is 17.2 Å². The van der Waals surface area contributed by atoms with Crippen molar-refractivity contribution in [3.63, 3.8) is 0 Å². The van der Waals surface area contributed by atoms with Crippen LogP contribution in [0.25, 0.3) is 10.9 Å². The number of aryl methyl sites for hydroxylation is 1. The summed E-state index contributed by atoms with van der Waals surface area (Å²) in [6.07, 6.45) is 0. The Morgan fingerprint density at radius 1 is 1.10 bits per heavy atom. The monoisotopic (exact) mass is 280 g/mol. The molecule has 2 aromatic carbocycles. The summed E-state index contributed by atoms with van der Waals surface area (Å²) in [4.78, 5) is 19.2. The van der Waals surface area contributed by atoms with Crippen LogP contribution in [-0.2, 0) is 0 Å². The van der Waals surface area contributed by atoms with Gasteiger partial charge < -0.3 is 5.32 Å². The first-order chi connectivity index (χ1) is 10.1. The van der Waals surface area contributed by atoms with Crippen LogP contribution in [0.1, 0.15) is 5.82 Å². The first kappa shape index (κ1) is 13.0. The van der Waals surface area contributed by atoms with Gasteiger partial charge in [-0.15, -0.1) is 0 Å². The Kier molecular flexibility index (Phi) is 3.19. The molecule has 0 spiro atoms. The number of nitrogens with one attached hydrogen (secondary N) is 1. The number of nitro benzene ring substituents is 1. The Morgan fingerprint density at radius 3 is 2.57 bits per heavy atom. The van der Waals surface area contributed by atoms with E-state index in [2.05, 4.69) is 15.3 Å². The molecule has 0 amide bonds. The zero-order chi connectivity index (χ0) is 14.8. The number of hydrogen-bond acceptors (Lipinski definition) is 5. The summed E-state index contributed by atoms with van der Waals surface area (Å²) in [5.74, 6) is 1.17. The van der Waals surface area contributed by atoms with Crippen LogP contribution < -0.4 is 5.32 Å². The van der Waals surface area contributed by atoms with E-state index in [1.807, 2.05) is 30.3 Å². The summed E-state index contributed by atoms with van der Waals surface area (Å²) in [6, 6.07) is 14.1. The largest absolute Gasteiger partial charge is 0.340 e. The Morgan fingerprint density at radius 2 is 1.86 bits per heavy atom. The van der Waals surface area contributed by atoms with Gasteiger partial charge in [-0.25, -0.2) is 9.97 Å². The van der Waals surface area contributed by atoms with Crippen molar-refractivity contribution in [2.24, 2.45) is 0 Å². The molecule has 104 valence electrons. The standard InChI is InChI=1S/C15H12N4O2/c1-10-16-14-8-7-12(19(20)21)9-13(14)15(17-10)18-11-5-3-2-4-6-11/h2-9H,1H3,(H,16,17,18). The van der Waals surface area contributed by atoms with Gasteiger partial charge in [0.15, 0.2) is 0 Å². The highest BCUT2D eigenvalue weighted by atomic mass is 16.6. The van der Waals surface area contributed by atoms with Crippen molar-refractivity contribution in [1.29, 1.82) is 0 Å². The Labute approximate surface area is 120 Å². The predicted octanol–water partition coefficient (Wildman–Crippen LogP) is 3.59. The maximum atomic E-state index is 10.9. The van der Waals surface area contributed by atoms with Crippen LogP contribution in [0, 0.1) is 17.0 Å². The van der Waals surface area contributed by atoms with Gasteiger partial charge in [0.2, 0.25) is 0 Å². The third kappa shape index (κ3) is 2.64. The lowest BCUT2D eigenvalue weighted by molar-refractivity contribution is -0.384. The SMILES string of the molecule is Cc1nc(Nc2ccccc2)c2cc([N+](=O)[O-])ccc2n1. The third-order valence-corrected chi connectivity index (χ3v) is 3.04. The van der Waals surface area contributed by atoms with Crippen molar-refractivity contribution < 1.29 is 4.92 Å². The van der Waals surface area contributed by atoms with Gasteiger partial charge >= 0.3 is 0 Å². The van der Waals surface area contributed by atoms with Gasteiger partial charge in [0.05, 0.1) is 10.4 Å². The molecular weight excluding hydrogens is 268 g/mol. The molecule has 0 bridgehead atoms. The van der Waals surface area contributed by atoms with Crippen molar-refractivity contribution in [3.05, 3.63) is 64.5 Å². The first-order valence-corrected chi connectivity index (χ1v) is 6.38. The van der Waals surface area contributed by atoms with Crippen LogP contribution in [0.15, 0.2) is 48.5 Å². The predicted molar refractivity (Wildman–Crippen MR) is 80.7 cm³/mol. The fraction of sp³-hybridized carbons (Fsp3) is 0.0667. The number of anilines is 2. The summed E-state index contributed by atoms with van der Waals surface area (Å²) in [7, 11) is 0. The Bertz CT molecular complexity index is 819. The van der Waals surface area contributed by atoms with Gasteiger partial charge in [-0.2, -0.15) is 0 Å². The van der Waals surface area contributed by atoms with Gasteiger partial charge in [0.25, 0.3) is 5.69 Å². The fourth-order valence-corrected chi connectivity index (χ4v) is 2.10. The molecule has 0 saturated carbocycles. The minimum Gasteiger partial charge on any atom is -0.340 e. The molecule has 1 heterocycles. The van der Waals surface area contributed by atoms with Gasteiger partial charge in [-0.1, -0.05) is 18.2 Å². The molecule has 0 fully saturated rings. The van der Waals surface area contributed by atoms with Crippen LogP contribution >= 0.6 is 0 Å². The fourth-order valence-electron chi connectivity index (χ4n) is 2.10. The summed E-state index contributed by atoms with van der Waals surface area (Å²) in [5, 5.41) is 14.7. The number of hydrogen-bond donors (Lipinski definition) is 1. The van der Waals surface area contributed by atoms with E-state index in [4.69, 9.17) is 0 Å². The molecule has 3 rings (SSSR count). The number of non-ortho nitro benzene ring substituents is 1. The highest BCUT2D eigenvalue weighted by Gasteiger charge is 2.12. The van der Waals surface area contributed by atoms with Crippen LogP contribution in [-0.4, -0.2) is 14.9 Å². The number of nitro groups is 1. The quantitative estimate of drug-likeness (QED) is 0.585. The lowest BCUT2D eigenvalue weighted by Gasteiger charge is -2.09. The highest BCUT2D eigenvalue weighted by Crippen LogP contribution is 2.27. The topological polar surface area (TPSA) is 81.0 Å². The van der Waals surface area contributed by atoms with Crippen molar-refractivity contribution in [1.82, 2.24) is 9.97 Å². The second-order valence-corrected chi connectivity index (χ2v) is 4.57. The Hall–Kier alpha value is -3.02. The average Bonchev–Trinajstić information content (AvgIpc) is 2.47. The smallest absolute Gasteiger partial charge is 0.270 e. The average molecular weight is 280 g/mol. The number of para-hydroxylation sites is 1. The van der Waals surface area contributed by atoms with Crippen molar-refractivity contribution in [2.75, 3.05) is 5.32 Å². The molecule has 0 unspecified atom stereocenters.